The summed E-state index contributed by atoms with van der Waals surface area (Å²) in [6, 6.07) is 13.3. The molecule has 0 radical (unpaired) electrons. The van der Waals surface area contributed by atoms with Gasteiger partial charge in [-0.1, -0.05) is 36.4 Å². The zero-order chi connectivity index (χ0) is 17.1. The van der Waals surface area contributed by atoms with Crippen LogP contribution in [-0.2, 0) is 16.0 Å². The lowest BCUT2D eigenvalue weighted by Gasteiger charge is -2.05. The Morgan fingerprint density at radius 2 is 1.92 bits per heavy atom. The summed E-state index contributed by atoms with van der Waals surface area (Å²) < 4.78 is 4.67. The third-order valence-corrected chi connectivity index (χ3v) is 4.75. The highest BCUT2D eigenvalue weighted by molar-refractivity contribution is 7.16. The van der Waals surface area contributed by atoms with E-state index in [1.165, 1.54) is 18.4 Å². The second-order valence-corrected chi connectivity index (χ2v) is 6.34. The van der Waals surface area contributed by atoms with E-state index in [1.807, 2.05) is 43.3 Å². The molecule has 6 heteroatoms. The molecule has 1 N–H and O–H groups in total. The van der Waals surface area contributed by atoms with Gasteiger partial charge < -0.3 is 4.74 Å². The fourth-order valence-corrected chi connectivity index (χ4v) is 3.38. The molecular weight excluding hydrogens is 324 g/mol. The Labute approximate surface area is 143 Å². The van der Waals surface area contributed by atoms with E-state index in [-0.39, 0.29) is 18.3 Å². The van der Waals surface area contributed by atoms with Crippen LogP contribution in [0.5, 0.6) is 0 Å². The summed E-state index contributed by atoms with van der Waals surface area (Å²) in [6.07, 6.45) is 0.157. The van der Waals surface area contributed by atoms with Gasteiger partial charge in [-0.05, 0) is 23.8 Å². The number of esters is 1. The molecule has 0 aliphatic rings. The molecule has 0 spiro atoms. The highest BCUT2D eigenvalue weighted by Gasteiger charge is 2.15. The highest BCUT2D eigenvalue weighted by atomic mass is 32.1. The highest BCUT2D eigenvalue weighted by Crippen LogP contribution is 2.25. The number of nitrogens with zero attached hydrogens (tertiary/aromatic N) is 1. The lowest BCUT2D eigenvalue weighted by Crippen LogP contribution is -2.12. The zero-order valence-electron chi connectivity index (χ0n) is 13.3. The molecule has 0 fully saturated rings. The number of amides is 1. The van der Waals surface area contributed by atoms with Gasteiger partial charge in [0.2, 0.25) is 0 Å². The molecule has 2 aromatic carbocycles. The van der Waals surface area contributed by atoms with Gasteiger partial charge in [-0.15, -0.1) is 11.3 Å². The Morgan fingerprint density at radius 1 is 1.17 bits per heavy atom. The lowest BCUT2D eigenvalue weighted by atomic mass is 10.0. The van der Waals surface area contributed by atoms with E-state index in [4.69, 9.17) is 0 Å². The fourth-order valence-electron chi connectivity index (χ4n) is 2.44. The van der Waals surface area contributed by atoms with Crippen molar-refractivity contribution in [3.05, 3.63) is 58.6 Å². The molecule has 3 rings (SSSR count). The number of benzene rings is 2. The van der Waals surface area contributed by atoms with Crippen molar-refractivity contribution in [3.63, 3.8) is 0 Å². The Bertz CT molecular complexity index is 912. The minimum atomic E-state index is -0.325. The second-order valence-electron chi connectivity index (χ2n) is 5.26. The zero-order valence-corrected chi connectivity index (χ0v) is 14.1. The number of hydrogen-bond acceptors (Lipinski definition) is 5. The van der Waals surface area contributed by atoms with Gasteiger partial charge in [0.05, 0.1) is 19.2 Å². The average Bonchev–Trinajstić information content (AvgIpc) is 2.93. The molecule has 122 valence electrons. The summed E-state index contributed by atoms with van der Waals surface area (Å²) >= 11 is 1.29. The first-order valence-electron chi connectivity index (χ1n) is 7.40. The van der Waals surface area contributed by atoms with E-state index >= 15 is 0 Å². The van der Waals surface area contributed by atoms with E-state index < -0.39 is 0 Å². The number of anilines is 1. The van der Waals surface area contributed by atoms with Crippen LogP contribution in [0.15, 0.2) is 42.5 Å². The van der Waals surface area contributed by atoms with Crippen LogP contribution < -0.4 is 5.32 Å². The SMILES string of the molecule is COC(=O)Cc1sc(NC(=O)c2cccc3ccccc23)nc1C. The number of ether oxygens (including phenoxy) is 1. The lowest BCUT2D eigenvalue weighted by molar-refractivity contribution is -0.139. The number of nitrogens with one attached hydrogen (secondary N) is 1. The molecule has 24 heavy (non-hydrogen) atoms. The Morgan fingerprint density at radius 3 is 2.71 bits per heavy atom. The molecule has 0 bridgehead atoms. The molecule has 3 aromatic rings. The van der Waals surface area contributed by atoms with Crippen molar-refractivity contribution in [3.8, 4) is 0 Å². The minimum absolute atomic E-state index is 0.157. The van der Waals surface area contributed by atoms with Crippen molar-refractivity contribution >= 4 is 39.1 Å². The maximum atomic E-state index is 12.6. The summed E-state index contributed by atoms with van der Waals surface area (Å²) in [4.78, 5) is 29.1. The Kier molecular flexibility index (Phi) is 4.57. The van der Waals surface area contributed by atoms with Crippen molar-refractivity contribution in [1.29, 1.82) is 0 Å². The van der Waals surface area contributed by atoms with Crippen molar-refractivity contribution in [2.45, 2.75) is 13.3 Å². The molecule has 0 aliphatic carbocycles. The van der Waals surface area contributed by atoms with Crippen LogP contribution in [0.1, 0.15) is 20.9 Å². The molecule has 0 aliphatic heterocycles. The predicted molar refractivity (Wildman–Crippen MR) is 94.5 cm³/mol. The van der Waals surface area contributed by atoms with E-state index in [0.717, 1.165) is 21.3 Å². The van der Waals surface area contributed by atoms with Crippen molar-refractivity contribution in [1.82, 2.24) is 4.98 Å². The van der Waals surface area contributed by atoms with Gasteiger partial charge in [-0.2, -0.15) is 0 Å². The molecule has 1 heterocycles. The summed E-state index contributed by atoms with van der Waals surface area (Å²) in [5.41, 5.74) is 1.31. The van der Waals surface area contributed by atoms with Crippen LogP contribution >= 0.6 is 11.3 Å². The molecule has 1 aromatic heterocycles. The number of carbonyl (C=O) groups excluding carboxylic acids is 2. The van der Waals surface area contributed by atoms with Gasteiger partial charge in [-0.3, -0.25) is 14.9 Å². The maximum absolute atomic E-state index is 12.6. The van der Waals surface area contributed by atoms with Crippen LogP contribution in [0.2, 0.25) is 0 Å². The third-order valence-electron chi connectivity index (χ3n) is 3.68. The predicted octanol–water partition coefficient (Wildman–Crippen LogP) is 3.57. The van der Waals surface area contributed by atoms with Gasteiger partial charge in [-0.25, -0.2) is 4.98 Å². The van der Waals surface area contributed by atoms with Gasteiger partial charge in [0.1, 0.15) is 0 Å². The second kappa shape index (κ2) is 6.80. The van der Waals surface area contributed by atoms with E-state index in [9.17, 15) is 9.59 Å². The normalized spacial score (nSPS) is 10.6. The molecular formula is C18H16N2O3S. The van der Waals surface area contributed by atoms with E-state index in [2.05, 4.69) is 15.0 Å². The van der Waals surface area contributed by atoms with Crippen LogP contribution in [0, 0.1) is 6.92 Å². The molecule has 0 atom stereocenters. The van der Waals surface area contributed by atoms with Gasteiger partial charge >= 0.3 is 5.97 Å². The molecule has 0 unspecified atom stereocenters. The number of rotatable bonds is 4. The van der Waals surface area contributed by atoms with Crippen molar-refractivity contribution < 1.29 is 14.3 Å². The van der Waals surface area contributed by atoms with E-state index in [1.54, 1.807) is 6.07 Å². The number of aromatic nitrogens is 1. The molecule has 1 amide bonds. The third kappa shape index (κ3) is 3.28. The van der Waals surface area contributed by atoms with Crippen LogP contribution in [0.4, 0.5) is 5.13 Å². The fraction of sp³-hybridized carbons (Fsp3) is 0.167. The smallest absolute Gasteiger partial charge is 0.310 e. The first-order valence-corrected chi connectivity index (χ1v) is 8.22. The summed E-state index contributed by atoms with van der Waals surface area (Å²) in [6.45, 7) is 1.81. The van der Waals surface area contributed by atoms with Crippen LogP contribution in [0.3, 0.4) is 0 Å². The topological polar surface area (TPSA) is 68.3 Å². The minimum Gasteiger partial charge on any atom is -0.469 e. The Hall–Kier alpha value is -2.73. The molecule has 0 saturated carbocycles. The standard InChI is InChI=1S/C18H16N2O3S/c1-11-15(10-16(21)23-2)24-18(19-11)20-17(22)14-9-5-7-12-6-3-4-8-13(12)14/h3-9H,10H2,1-2H3,(H,19,20,22). The van der Waals surface area contributed by atoms with Gasteiger partial charge in [0.15, 0.2) is 5.13 Å². The molecule has 0 saturated heterocycles. The van der Waals surface area contributed by atoms with Crippen molar-refractivity contribution in [2.24, 2.45) is 0 Å². The molecule has 5 nitrogen and oxygen atoms in total. The van der Waals surface area contributed by atoms with Crippen LogP contribution in [0.25, 0.3) is 10.8 Å². The monoisotopic (exact) mass is 340 g/mol. The van der Waals surface area contributed by atoms with Gasteiger partial charge in [0, 0.05) is 10.4 Å². The number of hydrogen-bond donors (Lipinski definition) is 1. The van der Waals surface area contributed by atoms with Crippen LogP contribution in [-0.4, -0.2) is 24.0 Å². The number of methoxy groups -OCH3 is 1. The van der Waals surface area contributed by atoms with Gasteiger partial charge in [0.25, 0.3) is 5.91 Å². The quantitative estimate of drug-likeness (QED) is 0.737. The number of fused-ring (bicyclic) bond motifs is 1. The summed E-state index contributed by atoms with van der Waals surface area (Å²) in [5.74, 6) is -0.543. The summed E-state index contributed by atoms with van der Waals surface area (Å²) in [7, 11) is 1.35. The van der Waals surface area contributed by atoms with E-state index in [0.29, 0.717) is 10.7 Å². The first-order chi connectivity index (χ1) is 11.6. The maximum Gasteiger partial charge on any atom is 0.310 e. The number of aryl methyl sites for hydroxylation is 1. The van der Waals surface area contributed by atoms with Crippen molar-refractivity contribution in [2.75, 3.05) is 12.4 Å². The number of carbonyl (C=O) groups is 2. The average molecular weight is 340 g/mol. The first kappa shape index (κ1) is 16.1. The Balaban J connectivity index is 1.84. The number of thiazole rings is 1. The largest absolute Gasteiger partial charge is 0.469 e. The summed E-state index contributed by atoms with van der Waals surface area (Å²) in [5, 5.41) is 5.19.